The second-order valence-electron chi connectivity index (χ2n) is 8.17. The van der Waals surface area contributed by atoms with Crippen LogP contribution in [0.4, 0.5) is 0 Å². The van der Waals surface area contributed by atoms with Gasteiger partial charge in [0.1, 0.15) is 12.1 Å². The van der Waals surface area contributed by atoms with Crippen molar-refractivity contribution in [2.24, 2.45) is 11.8 Å². The summed E-state index contributed by atoms with van der Waals surface area (Å²) in [4.78, 5) is 49.1. The Morgan fingerprint density at radius 2 is 1.29 bits per heavy atom. The van der Waals surface area contributed by atoms with E-state index in [0.29, 0.717) is 18.4 Å². The van der Waals surface area contributed by atoms with Crippen LogP contribution in [0, 0.1) is 11.8 Å². The number of ketones is 1. The average Bonchev–Trinajstić information content (AvgIpc) is 2.58. The van der Waals surface area contributed by atoms with Gasteiger partial charge in [0.2, 0.25) is 17.7 Å². The van der Waals surface area contributed by atoms with Crippen LogP contribution in [0.2, 0.25) is 0 Å². The quantitative estimate of drug-likeness (QED) is 0.440. The SMILES string of the molecule is C=C(C)C(=O)C(CC(C)C)NC(=O)[C@H](C)NC(=O)C(CC(C)C)NC(=O)CC. The summed E-state index contributed by atoms with van der Waals surface area (Å²) in [7, 11) is 0. The third-order valence-electron chi connectivity index (χ3n) is 4.19. The normalized spacial score (nSPS) is 14.2. The van der Waals surface area contributed by atoms with Crippen molar-refractivity contribution in [2.75, 3.05) is 0 Å². The van der Waals surface area contributed by atoms with E-state index < -0.39 is 29.9 Å². The Bertz CT molecular complexity index is 584. The second kappa shape index (κ2) is 12.3. The van der Waals surface area contributed by atoms with Crippen LogP contribution in [-0.4, -0.2) is 41.6 Å². The molecule has 0 aromatic carbocycles. The molecule has 2 unspecified atom stereocenters. The summed E-state index contributed by atoms with van der Waals surface area (Å²) in [6.07, 6.45) is 1.23. The van der Waals surface area contributed by atoms with Crippen molar-refractivity contribution in [1.29, 1.82) is 0 Å². The fraction of sp³-hybridized carbons (Fsp3) is 0.714. The summed E-state index contributed by atoms with van der Waals surface area (Å²) < 4.78 is 0. The van der Waals surface area contributed by atoms with Gasteiger partial charge in [0.05, 0.1) is 6.04 Å². The number of carbonyl (C=O) groups excluding carboxylic acids is 4. The van der Waals surface area contributed by atoms with Gasteiger partial charge < -0.3 is 16.0 Å². The van der Waals surface area contributed by atoms with Crippen molar-refractivity contribution < 1.29 is 19.2 Å². The minimum Gasteiger partial charge on any atom is -0.344 e. The minimum atomic E-state index is -0.840. The topological polar surface area (TPSA) is 104 Å². The van der Waals surface area contributed by atoms with Gasteiger partial charge in [-0.2, -0.15) is 0 Å². The molecule has 3 amide bonds. The van der Waals surface area contributed by atoms with Gasteiger partial charge in [0.25, 0.3) is 0 Å². The van der Waals surface area contributed by atoms with E-state index >= 15 is 0 Å². The molecule has 0 aromatic heterocycles. The molecule has 160 valence electrons. The maximum atomic E-state index is 12.6. The zero-order valence-corrected chi connectivity index (χ0v) is 18.3. The molecule has 0 fully saturated rings. The molecule has 3 N–H and O–H groups in total. The molecular weight excluding hydrogens is 358 g/mol. The Kier molecular flexibility index (Phi) is 11.4. The largest absolute Gasteiger partial charge is 0.344 e. The highest BCUT2D eigenvalue weighted by molar-refractivity contribution is 6.01. The Morgan fingerprint density at radius 1 is 0.786 bits per heavy atom. The first-order valence-corrected chi connectivity index (χ1v) is 9.98. The standard InChI is InChI=1S/C21H37N3O4/c1-9-18(25)23-17(11-13(4)5)21(28)22-15(8)20(27)24-16(10-12(2)3)19(26)14(6)7/h12-13,15-17H,6,9-11H2,1-5,7-8H3,(H,22,28)(H,23,25)(H,24,27)/t15-,16?,17?/m0/s1. The fourth-order valence-electron chi connectivity index (χ4n) is 2.68. The molecular formula is C21H37N3O4. The lowest BCUT2D eigenvalue weighted by Gasteiger charge is -2.24. The first-order chi connectivity index (χ1) is 12.9. The van der Waals surface area contributed by atoms with Crippen LogP contribution in [-0.2, 0) is 19.2 Å². The number of hydrogen-bond acceptors (Lipinski definition) is 4. The summed E-state index contributed by atoms with van der Waals surface area (Å²) in [5, 5.41) is 8.05. The van der Waals surface area contributed by atoms with Crippen LogP contribution in [0.3, 0.4) is 0 Å². The monoisotopic (exact) mass is 395 g/mol. The van der Waals surface area contributed by atoms with Gasteiger partial charge in [0, 0.05) is 6.42 Å². The van der Waals surface area contributed by atoms with Gasteiger partial charge in [-0.3, -0.25) is 19.2 Å². The molecule has 0 saturated heterocycles. The Balaban J connectivity index is 5.06. The van der Waals surface area contributed by atoms with E-state index in [0.717, 1.165) is 0 Å². The van der Waals surface area contributed by atoms with Crippen molar-refractivity contribution in [3.63, 3.8) is 0 Å². The predicted octanol–water partition coefficient (Wildman–Crippen LogP) is 2.11. The molecule has 0 radical (unpaired) electrons. The molecule has 0 saturated carbocycles. The molecule has 0 aliphatic carbocycles. The van der Waals surface area contributed by atoms with Gasteiger partial charge in [-0.25, -0.2) is 0 Å². The van der Waals surface area contributed by atoms with E-state index in [4.69, 9.17) is 0 Å². The van der Waals surface area contributed by atoms with Gasteiger partial charge >= 0.3 is 0 Å². The smallest absolute Gasteiger partial charge is 0.243 e. The summed E-state index contributed by atoms with van der Waals surface area (Å²) in [6, 6.07) is -2.21. The number of hydrogen-bond donors (Lipinski definition) is 3. The summed E-state index contributed by atoms with van der Waals surface area (Å²) >= 11 is 0. The van der Waals surface area contributed by atoms with E-state index in [2.05, 4.69) is 22.5 Å². The first-order valence-electron chi connectivity index (χ1n) is 9.98. The second-order valence-corrected chi connectivity index (χ2v) is 8.17. The van der Waals surface area contributed by atoms with Crippen molar-refractivity contribution in [2.45, 2.75) is 85.9 Å². The van der Waals surface area contributed by atoms with Crippen LogP contribution in [0.1, 0.15) is 67.7 Å². The maximum absolute atomic E-state index is 12.6. The van der Waals surface area contributed by atoms with Crippen molar-refractivity contribution in [3.8, 4) is 0 Å². The molecule has 3 atom stereocenters. The lowest BCUT2D eigenvalue weighted by atomic mass is 9.97. The van der Waals surface area contributed by atoms with Gasteiger partial charge in [-0.05, 0) is 44.1 Å². The molecule has 0 spiro atoms. The van der Waals surface area contributed by atoms with E-state index in [-0.39, 0.29) is 29.9 Å². The number of nitrogens with one attached hydrogen (secondary N) is 3. The lowest BCUT2D eigenvalue weighted by molar-refractivity contribution is -0.133. The molecule has 0 rings (SSSR count). The average molecular weight is 396 g/mol. The van der Waals surface area contributed by atoms with Crippen LogP contribution in [0.25, 0.3) is 0 Å². The zero-order chi connectivity index (χ0) is 22.0. The molecule has 0 aliphatic rings. The molecule has 28 heavy (non-hydrogen) atoms. The Morgan fingerprint density at radius 3 is 1.71 bits per heavy atom. The highest BCUT2D eigenvalue weighted by Gasteiger charge is 2.28. The predicted molar refractivity (Wildman–Crippen MR) is 110 cm³/mol. The van der Waals surface area contributed by atoms with Crippen LogP contribution in [0.15, 0.2) is 12.2 Å². The molecule has 0 aliphatic heterocycles. The maximum Gasteiger partial charge on any atom is 0.243 e. The molecule has 0 heterocycles. The van der Waals surface area contributed by atoms with Crippen LogP contribution < -0.4 is 16.0 Å². The van der Waals surface area contributed by atoms with Crippen molar-refractivity contribution in [3.05, 3.63) is 12.2 Å². The zero-order valence-electron chi connectivity index (χ0n) is 18.3. The lowest BCUT2D eigenvalue weighted by Crippen LogP contribution is -2.55. The third-order valence-corrected chi connectivity index (χ3v) is 4.19. The number of carbonyl (C=O) groups is 4. The van der Waals surface area contributed by atoms with E-state index in [1.165, 1.54) is 0 Å². The fourth-order valence-corrected chi connectivity index (χ4v) is 2.68. The molecule has 7 heteroatoms. The van der Waals surface area contributed by atoms with E-state index in [1.54, 1.807) is 20.8 Å². The van der Waals surface area contributed by atoms with Crippen molar-refractivity contribution >= 4 is 23.5 Å². The minimum absolute atomic E-state index is 0.195. The molecule has 0 aromatic rings. The highest BCUT2D eigenvalue weighted by Crippen LogP contribution is 2.10. The summed E-state index contributed by atoms with van der Waals surface area (Å²) in [6.45, 7) is 16.4. The molecule has 7 nitrogen and oxygen atoms in total. The van der Waals surface area contributed by atoms with E-state index in [1.807, 2.05) is 27.7 Å². The van der Waals surface area contributed by atoms with Gasteiger partial charge in [-0.1, -0.05) is 41.2 Å². The summed E-state index contributed by atoms with van der Waals surface area (Å²) in [5.41, 5.74) is 0.377. The van der Waals surface area contributed by atoms with Crippen LogP contribution in [0.5, 0.6) is 0 Å². The third kappa shape index (κ3) is 9.67. The van der Waals surface area contributed by atoms with Crippen LogP contribution >= 0.6 is 0 Å². The van der Waals surface area contributed by atoms with E-state index in [9.17, 15) is 19.2 Å². The first kappa shape index (κ1) is 25.8. The Labute approximate surface area is 169 Å². The number of rotatable bonds is 12. The molecule has 0 bridgehead atoms. The van der Waals surface area contributed by atoms with Gasteiger partial charge in [0.15, 0.2) is 5.78 Å². The summed E-state index contributed by atoms with van der Waals surface area (Å²) in [5.74, 6) is -0.891. The number of amides is 3. The highest BCUT2D eigenvalue weighted by atomic mass is 16.2. The van der Waals surface area contributed by atoms with Gasteiger partial charge in [-0.15, -0.1) is 0 Å². The van der Waals surface area contributed by atoms with Crippen molar-refractivity contribution in [1.82, 2.24) is 16.0 Å². The Hall–Kier alpha value is -2.18. The number of Topliss-reactive ketones (excluding diaryl/α,β-unsaturated/α-hetero) is 1.